The Morgan fingerprint density at radius 3 is 2.02 bits per heavy atom. The van der Waals surface area contributed by atoms with Gasteiger partial charge in [0.2, 0.25) is 11.8 Å². The Morgan fingerprint density at radius 2 is 1.43 bits per heavy atom. The number of benzene rings is 4. The van der Waals surface area contributed by atoms with Gasteiger partial charge in [-0.05, 0) is 69.2 Å². The van der Waals surface area contributed by atoms with Gasteiger partial charge in [-0.3, -0.25) is 13.9 Å². The molecule has 0 spiro atoms. The van der Waals surface area contributed by atoms with Crippen LogP contribution in [-0.2, 0) is 32.6 Å². The van der Waals surface area contributed by atoms with E-state index in [0.29, 0.717) is 10.2 Å². The van der Waals surface area contributed by atoms with Crippen LogP contribution in [0.3, 0.4) is 0 Å². The normalized spacial score (nSPS) is 12.3. The second kappa shape index (κ2) is 14.2. The van der Waals surface area contributed by atoms with Gasteiger partial charge in [0.05, 0.1) is 10.6 Å². The Bertz CT molecular complexity index is 1670. The molecule has 4 aromatic rings. The number of carbonyl (C=O) groups excluding carboxylic acids is 2. The first-order chi connectivity index (χ1) is 20.8. The summed E-state index contributed by atoms with van der Waals surface area (Å²) in [7, 11) is -4.15. The highest BCUT2D eigenvalue weighted by atomic mass is 79.9. The summed E-state index contributed by atoms with van der Waals surface area (Å²) in [4.78, 5) is 30.0. The Balaban J connectivity index is 1.81. The number of halogens is 1. The van der Waals surface area contributed by atoms with E-state index in [1.165, 1.54) is 17.0 Å². The van der Waals surface area contributed by atoms with Crippen molar-refractivity contribution in [2.45, 2.75) is 57.1 Å². The van der Waals surface area contributed by atoms with Gasteiger partial charge in [-0.2, -0.15) is 0 Å². The largest absolute Gasteiger partial charge is 0.350 e. The molecule has 0 saturated heterocycles. The molecule has 1 N–H and O–H groups in total. The number of aryl methyl sites for hydroxylation is 1. The Kier molecular flexibility index (Phi) is 10.7. The number of sulfonamides is 1. The molecule has 2 amide bonds. The highest BCUT2D eigenvalue weighted by Gasteiger charge is 2.35. The fourth-order valence-electron chi connectivity index (χ4n) is 4.78. The molecular formula is C35H38BrN3O4S. The van der Waals surface area contributed by atoms with Gasteiger partial charge in [-0.25, -0.2) is 8.42 Å². The van der Waals surface area contributed by atoms with Crippen LogP contribution in [0.15, 0.2) is 119 Å². The smallest absolute Gasteiger partial charge is 0.264 e. The van der Waals surface area contributed by atoms with Crippen LogP contribution in [0.1, 0.15) is 37.5 Å². The lowest BCUT2D eigenvalue weighted by Gasteiger charge is -2.35. The zero-order valence-corrected chi connectivity index (χ0v) is 27.8. The fraction of sp³-hybridized carbons (Fsp3) is 0.257. The maximum absolute atomic E-state index is 14.5. The highest BCUT2D eigenvalue weighted by molar-refractivity contribution is 9.10. The third kappa shape index (κ3) is 8.80. The third-order valence-electron chi connectivity index (χ3n) is 6.95. The number of hydrogen-bond donors (Lipinski definition) is 1. The van der Waals surface area contributed by atoms with E-state index >= 15 is 0 Å². The van der Waals surface area contributed by atoms with Gasteiger partial charge >= 0.3 is 0 Å². The Hall–Kier alpha value is -3.95. The van der Waals surface area contributed by atoms with Crippen molar-refractivity contribution in [3.8, 4) is 0 Å². The van der Waals surface area contributed by atoms with Crippen molar-refractivity contribution < 1.29 is 18.0 Å². The molecule has 0 aromatic heterocycles. The number of rotatable bonds is 11. The highest BCUT2D eigenvalue weighted by Crippen LogP contribution is 2.27. The summed E-state index contributed by atoms with van der Waals surface area (Å²) in [6, 6.07) is 31.2. The minimum Gasteiger partial charge on any atom is -0.350 e. The summed E-state index contributed by atoms with van der Waals surface area (Å²) in [5.74, 6) is -0.822. The average Bonchev–Trinajstić information content (AvgIpc) is 2.98. The molecule has 0 unspecified atom stereocenters. The van der Waals surface area contributed by atoms with E-state index in [2.05, 4.69) is 21.2 Å². The molecule has 1 atom stereocenters. The monoisotopic (exact) mass is 675 g/mol. The molecule has 0 saturated carbocycles. The lowest BCUT2D eigenvalue weighted by atomic mass is 10.0. The third-order valence-corrected chi connectivity index (χ3v) is 9.23. The molecule has 0 aliphatic heterocycles. The van der Waals surface area contributed by atoms with Gasteiger partial charge in [0.25, 0.3) is 10.0 Å². The molecular weight excluding hydrogens is 638 g/mol. The van der Waals surface area contributed by atoms with Crippen molar-refractivity contribution in [1.82, 2.24) is 10.2 Å². The number of amides is 2. The fourth-order valence-corrected chi connectivity index (χ4v) is 6.59. The van der Waals surface area contributed by atoms with Crippen LogP contribution in [0, 0.1) is 6.92 Å². The summed E-state index contributed by atoms with van der Waals surface area (Å²) in [6.07, 6.45) is 0.253. The quantitative estimate of drug-likeness (QED) is 0.196. The number of hydrogen-bond acceptors (Lipinski definition) is 4. The molecule has 4 aromatic carbocycles. The molecule has 0 heterocycles. The minimum absolute atomic E-state index is 0.0594. The van der Waals surface area contributed by atoms with Crippen molar-refractivity contribution in [2.75, 3.05) is 10.8 Å². The van der Waals surface area contributed by atoms with E-state index in [1.54, 1.807) is 42.5 Å². The van der Waals surface area contributed by atoms with Crippen LogP contribution in [-0.4, -0.2) is 43.3 Å². The van der Waals surface area contributed by atoms with Crippen molar-refractivity contribution in [2.24, 2.45) is 0 Å². The minimum atomic E-state index is -4.15. The SMILES string of the molecule is Cc1ccc(CN(C(=O)CN(c2cccc(Br)c2)S(=O)(=O)c2ccccc2)[C@H](Cc2ccccc2)C(=O)NC(C)(C)C)cc1. The molecule has 7 nitrogen and oxygen atoms in total. The molecule has 0 aliphatic carbocycles. The van der Waals surface area contributed by atoms with Crippen LogP contribution in [0.25, 0.3) is 0 Å². The molecule has 9 heteroatoms. The van der Waals surface area contributed by atoms with Gasteiger partial charge in [0, 0.05) is 23.0 Å². The molecule has 0 fully saturated rings. The van der Waals surface area contributed by atoms with Crippen LogP contribution in [0.4, 0.5) is 5.69 Å². The molecule has 230 valence electrons. The van der Waals surface area contributed by atoms with Crippen LogP contribution >= 0.6 is 15.9 Å². The summed E-state index contributed by atoms with van der Waals surface area (Å²) in [6.45, 7) is 7.25. The lowest BCUT2D eigenvalue weighted by molar-refractivity contribution is -0.140. The number of carbonyl (C=O) groups is 2. The second-order valence-electron chi connectivity index (χ2n) is 11.8. The predicted molar refractivity (Wildman–Crippen MR) is 179 cm³/mol. The van der Waals surface area contributed by atoms with E-state index in [0.717, 1.165) is 21.0 Å². The van der Waals surface area contributed by atoms with Crippen LogP contribution in [0.5, 0.6) is 0 Å². The predicted octanol–water partition coefficient (Wildman–Crippen LogP) is 6.51. The summed E-state index contributed by atoms with van der Waals surface area (Å²) in [5.41, 5.74) is 2.54. The Morgan fingerprint density at radius 1 is 0.818 bits per heavy atom. The summed E-state index contributed by atoms with van der Waals surface area (Å²) < 4.78 is 29.9. The summed E-state index contributed by atoms with van der Waals surface area (Å²) >= 11 is 3.44. The van der Waals surface area contributed by atoms with E-state index in [9.17, 15) is 18.0 Å². The average molecular weight is 677 g/mol. The van der Waals surface area contributed by atoms with E-state index < -0.39 is 34.1 Å². The molecule has 0 radical (unpaired) electrons. The van der Waals surface area contributed by atoms with E-state index in [1.807, 2.05) is 82.3 Å². The molecule has 0 bridgehead atoms. The van der Waals surface area contributed by atoms with Gasteiger partial charge in [0.15, 0.2) is 0 Å². The zero-order chi connectivity index (χ0) is 31.9. The van der Waals surface area contributed by atoms with Gasteiger partial charge in [-0.15, -0.1) is 0 Å². The van der Waals surface area contributed by atoms with Crippen molar-refractivity contribution >= 4 is 43.5 Å². The second-order valence-corrected chi connectivity index (χ2v) is 14.5. The first-order valence-corrected chi connectivity index (χ1v) is 16.6. The molecule has 0 aliphatic rings. The van der Waals surface area contributed by atoms with Crippen molar-refractivity contribution in [3.05, 3.63) is 130 Å². The van der Waals surface area contributed by atoms with Crippen LogP contribution < -0.4 is 9.62 Å². The topological polar surface area (TPSA) is 86.8 Å². The first-order valence-electron chi connectivity index (χ1n) is 14.4. The van der Waals surface area contributed by atoms with Gasteiger partial charge < -0.3 is 10.2 Å². The summed E-state index contributed by atoms with van der Waals surface area (Å²) in [5, 5.41) is 3.05. The number of anilines is 1. The maximum atomic E-state index is 14.5. The number of nitrogens with zero attached hydrogens (tertiary/aromatic N) is 2. The van der Waals surface area contributed by atoms with Crippen molar-refractivity contribution in [1.29, 1.82) is 0 Å². The van der Waals surface area contributed by atoms with E-state index in [4.69, 9.17) is 0 Å². The molecule has 4 rings (SSSR count). The number of nitrogens with one attached hydrogen (secondary N) is 1. The van der Waals surface area contributed by atoms with Gasteiger partial charge in [-0.1, -0.05) is 100 Å². The Labute approximate surface area is 269 Å². The van der Waals surface area contributed by atoms with E-state index in [-0.39, 0.29) is 23.8 Å². The van der Waals surface area contributed by atoms with Gasteiger partial charge in [0.1, 0.15) is 12.6 Å². The van der Waals surface area contributed by atoms with Crippen LogP contribution in [0.2, 0.25) is 0 Å². The lowest BCUT2D eigenvalue weighted by Crippen LogP contribution is -2.56. The van der Waals surface area contributed by atoms with Crippen molar-refractivity contribution in [3.63, 3.8) is 0 Å². The first kappa shape index (κ1) is 33.0. The zero-order valence-electron chi connectivity index (χ0n) is 25.4. The molecule has 44 heavy (non-hydrogen) atoms. The maximum Gasteiger partial charge on any atom is 0.264 e. The standard InChI is InChI=1S/C35H38BrN3O4S/c1-26-18-20-28(21-19-26)24-38(32(34(41)37-35(2,3)4)22-27-12-7-5-8-13-27)33(40)25-39(30-15-11-14-29(36)23-30)44(42,43)31-16-9-6-10-17-31/h5-21,23,32H,22,24-25H2,1-4H3,(H,37,41)/t32-/m1/s1.